The number of carbonyl (C=O) groups is 1. The Morgan fingerprint density at radius 2 is 1.72 bits per heavy atom. The molecule has 5 heteroatoms. The van der Waals surface area contributed by atoms with Crippen LogP contribution in [0.15, 0.2) is 84.0 Å². The van der Waals surface area contributed by atoms with Crippen LogP contribution in [0.2, 0.25) is 5.02 Å². The molecule has 0 bridgehead atoms. The lowest BCUT2D eigenvalue weighted by Gasteiger charge is -2.04. The van der Waals surface area contributed by atoms with Crippen LogP contribution >= 0.6 is 11.6 Å². The van der Waals surface area contributed by atoms with Crippen molar-refractivity contribution in [2.75, 3.05) is 5.43 Å². The number of halogens is 1. The fraction of sp³-hybridized carbons (Fsp3) is 0. The highest BCUT2D eigenvalue weighted by molar-refractivity contribution is 6.30. The van der Waals surface area contributed by atoms with E-state index in [4.69, 9.17) is 16.3 Å². The monoisotopic (exact) mass is 350 g/mol. The predicted octanol–water partition coefficient (Wildman–Crippen LogP) is 5.01. The fourth-order valence-corrected chi connectivity index (χ4v) is 2.29. The van der Waals surface area contributed by atoms with Gasteiger partial charge < -0.3 is 4.74 Å². The Bertz CT molecular complexity index is 878. The number of carbonyl (C=O) groups excluding carboxylic acids is 1. The van der Waals surface area contributed by atoms with Crippen molar-refractivity contribution in [3.63, 3.8) is 0 Å². The Hall–Kier alpha value is -3.11. The van der Waals surface area contributed by atoms with Gasteiger partial charge in [0.25, 0.3) is 0 Å². The van der Waals surface area contributed by atoms with Crippen LogP contribution in [0, 0.1) is 0 Å². The third kappa shape index (κ3) is 4.93. The van der Waals surface area contributed by atoms with Crippen molar-refractivity contribution in [2.24, 2.45) is 5.10 Å². The number of hydrogen-bond acceptors (Lipinski definition) is 4. The second-order valence-corrected chi connectivity index (χ2v) is 5.64. The summed E-state index contributed by atoms with van der Waals surface area (Å²) in [4.78, 5) is 12.0. The van der Waals surface area contributed by atoms with Crippen LogP contribution < -0.4 is 10.2 Å². The van der Waals surface area contributed by atoms with E-state index in [0.717, 1.165) is 11.3 Å². The largest absolute Gasteiger partial charge is 0.423 e. The smallest absolute Gasteiger partial charge is 0.343 e. The van der Waals surface area contributed by atoms with E-state index < -0.39 is 0 Å². The van der Waals surface area contributed by atoms with E-state index in [2.05, 4.69) is 10.5 Å². The van der Waals surface area contributed by atoms with Crippen LogP contribution in [0.25, 0.3) is 0 Å². The van der Waals surface area contributed by atoms with Gasteiger partial charge in [-0.1, -0.05) is 35.9 Å². The number of anilines is 1. The van der Waals surface area contributed by atoms with Crippen LogP contribution in [0.3, 0.4) is 0 Å². The van der Waals surface area contributed by atoms with Gasteiger partial charge in [0.15, 0.2) is 0 Å². The zero-order chi connectivity index (χ0) is 17.5. The molecule has 0 atom stereocenters. The third-order valence-corrected chi connectivity index (χ3v) is 3.57. The van der Waals surface area contributed by atoms with Gasteiger partial charge in [-0.2, -0.15) is 5.10 Å². The van der Waals surface area contributed by atoms with E-state index in [9.17, 15) is 4.79 Å². The highest BCUT2D eigenvalue weighted by Crippen LogP contribution is 2.15. The minimum atomic E-state index is -0.385. The molecule has 3 aromatic carbocycles. The third-order valence-electron chi connectivity index (χ3n) is 3.33. The maximum absolute atomic E-state index is 12.0. The van der Waals surface area contributed by atoms with Crippen LogP contribution in [-0.4, -0.2) is 12.2 Å². The van der Waals surface area contributed by atoms with Gasteiger partial charge in [0.2, 0.25) is 0 Å². The zero-order valence-corrected chi connectivity index (χ0v) is 14.0. The molecular weight excluding hydrogens is 336 g/mol. The molecule has 1 N–H and O–H groups in total. The highest BCUT2D eigenvalue weighted by Gasteiger charge is 2.07. The Morgan fingerprint density at radius 3 is 2.44 bits per heavy atom. The minimum absolute atomic E-state index is 0.385. The number of ether oxygens (including phenoxy) is 1. The maximum Gasteiger partial charge on any atom is 0.343 e. The quantitative estimate of drug-likeness (QED) is 0.305. The van der Waals surface area contributed by atoms with Gasteiger partial charge in [-0.05, 0) is 60.2 Å². The summed E-state index contributed by atoms with van der Waals surface area (Å²) in [7, 11) is 0. The number of esters is 1. The Kier molecular flexibility index (Phi) is 5.44. The van der Waals surface area contributed by atoms with Crippen molar-refractivity contribution in [3.8, 4) is 5.75 Å². The fourth-order valence-electron chi connectivity index (χ4n) is 2.10. The number of benzene rings is 3. The van der Waals surface area contributed by atoms with Crippen LogP contribution in [0.4, 0.5) is 5.69 Å². The molecule has 4 nitrogen and oxygen atoms in total. The number of nitrogens with one attached hydrogen (secondary N) is 1. The predicted molar refractivity (Wildman–Crippen MR) is 101 cm³/mol. The summed E-state index contributed by atoms with van der Waals surface area (Å²) in [6.45, 7) is 0. The molecule has 0 aliphatic carbocycles. The molecule has 0 aliphatic heterocycles. The van der Waals surface area contributed by atoms with E-state index in [1.165, 1.54) is 0 Å². The van der Waals surface area contributed by atoms with E-state index in [-0.39, 0.29) is 5.97 Å². The zero-order valence-electron chi connectivity index (χ0n) is 13.2. The Balaban J connectivity index is 1.58. The molecule has 0 saturated carbocycles. The molecule has 0 heterocycles. The average Bonchev–Trinajstić information content (AvgIpc) is 2.64. The van der Waals surface area contributed by atoms with Gasteiger partial charge in [0.1, 0.15) is 5.75 Å². The lowest BCUT2D eigenvalue weighted by molar-refractivity contribution is 0.0735. The standard InChI is InChI=1S/C20H15ClN2O2/c21-17-7-4-8-18(13-17)23-22-14-15-9-11-19(12-10-15)25-20(24)16-5-2-1-3-6-16/h1-14,23H. The van der Waals surface area contributed by atoms with E-state index in [0.29, 0.717) is 16.3 Å². The maximum atomic E-state index is 12.0. The number of hydrazone groups is 1. The van der Waals surface area contributed by atoms with Crippen LogP contribution in [0.5, 0.6) is 5.75 Å². The second-order valence-electron chi connectivity index (χ2n) is 5.20. The number of rotatable bonds is 5. The molecule has 3 rings (SSSR count). The van der Waals surface area contributed by atoms with E-state index in [1.807, 2.05) is 30.3 Å². The molecule has 0 amide bonds. The number of nitrogens with zero attached hydrogens (tertiary/aromatic N) is 1. The van der Waals surface area contributed by atoms with Crippen molar-refractivity contribution in [2.45, 2.75) is 0 Å². The first-order chi connectivity index (χ1) is 12.2. The Labute approximate surface area is 150 Å². The molecule has 0 aliphatic rings. The van der Waals surface area contributed by atoms with Crippen molar-refractivity contribution >= 4 is 29.5 Å². The average molecular weight is 351 g/mol. The molecule has 3 aromatic rings. The first-order valence-corrected chi connectivity index (χ1v) is 8.00. The van der Waals surface area contributed by atoms with Crippen LogP contribution in [-0.2, 0) is 0 Å². The normalized spacial score (nSPS) is 10.6. The van der Waals surface area contributed by atoms with Gasteiger partial charge >= 0.3 is 5.97 Å². The Morgan fingerprint density at radius 1 is 0.960 bits per heavy atom. The van der Waals surface area contributed by atoms with Gasteiger partial charge in [-0.25, -0.2) is 4.79 Å². The first kappa shape index (κ1) is 16.7. The summed E-state index contributed by atoms with van der Waals surface area (Å²) >= 11 is 5.91. The summed E-state index contributed by atoms with van der Waals surface area (Å²) in [5, 5.41) is 4.79. The van der Waals surface area contributed by atoms with E-state index in [1.54, 1.807) is 54.7 Å². The number of hydrogen-bond donors (Lipinski definition) is 1. The molecule has 0 aromatic heterocycles. The molecule has 0 fully saturated rings. The molecule has 124 valence electrons. The summed E-state index contributed by atoms with van der Waals surface area (Å²) in [6.07, 6.45) is 1.67. The van der Waals surface area contributed by atoms with Crippen molar-refractivity contribution < 1.29 is 9.53 Å². The van der Waals surface area contributed by atoms with Crippen molar-refractivity contribution in [3.05, 3.63) is 95.0 Å². The summed E-state index contributed by atoms with van der Waals surface area (Å²) in [5.74, 6) is 0.0958. The molecule has 25 heavy (non-hydrogen) atoms. The molecular formula is C20H15ClN2O2. The molecule has 0 saturated heterocycles. The minimum Gasteiger partial charge on any atom is -0.423 e. The van der Waals surface area contributed by atoms with E-state index >= 15 is 0 Å². The van der Waals surface area contributed by atoms with Crippen LogP contribution in [0.1, 0.15) is 15.9 Å². The second kappa shape index (κ2) is 8.13. The van der Waals surface area contributed by atoms with Gasteiger partial charge in [0, 0.05) is 5.02 Å². The van der Waals surface area contributed by atoms with Gasteiger partial charge in [-0.15, -0.1) is 0 Å². The van der Waals surface area contributed by atoms with Crippen molar-refractivity contribution in [1.82, 2.24) is 0 Å². The summed E-state index contributed by atoms with van der Waals surface area (Å²) in [6, 6.07) is 23.2. The lowest BCUT2D eigenvalue weighted by atomic mass is 10.2. The van der Waals surface area contributed by atoms with Gasteiger partial charge in [-0.3, -0.25) is 5.43 Å². The summed E-state index contributed by atoms with van der Waals surface area (Å²) < 4.78 is 5.33. The summed E-state index contributed by atoms with van der Waals surface area (Å²) in [5.41, 5.74) is 5.09. The molecule has 0 spiro atoms. The molecule has 0 radical (unpaired) electrons. The van der Waals surface area contributed by atoms with Gasteiger partial charge in [0.05, 0.1) is 17.5 Å². The SMILES string of the molecule is O=C(Oc1ccc(C=NNc2cccc(Cl)c2)cc1)c1ccccc1. The topological polar surface area (TPSA) is 50.7 Å². The lowest BCUT2D eigenvalue weighted by Crippen LogP contribution is -2.08. The highest BCUT2D eigenvalue weighted by atomic mass is 35.5. The first-order valence-electron chi connectivity index (χ1n) is 7.63. The van der Waals surface area contributed by atoms with Crippen molar-refractivity contribution in [1.29, 1.82) is 0 Å². The molecule has 0 unspecified atom stereocenters.